The van der Waals surface area contributed by atoms with E-state index in [1.165, 1.54) is 0 Å². The van der Waals surface area contributed by atoms with Crippen molar-refractivity contribution in [2.45, 2.75) is 19.3 Å². The fraction of sp³-hybridized carbons (Fsp3) is 0.333. The van der Waals surface area contributed by atoms with Gasteiger partial charge in [0.25, 0.3) is 5.91 Å². The predicted octanol–water partition coefficient (Wildman–Crippen LogP) is 0.337. The average Bonchev–Trinajstić information content (AvgIpc) is 2.29. The molecule has 0 aliphatic carbocycles. The van der Waals surface area contributed by atoms with Crippen LogP contribution in [0.25, 0.3) is 0 Å². The molecule has 0 aliphatic heterocycles. The highest BCUT2D eigenvalue weighted by Crippen LogP contribution is 1.98. The summed E-state index contributed by atoms with van der Waals surface area (Å²) in [6.45, 7) is 0.487. The molecule has 1 rings (SSSR count). The minimum absolute atomic E-state index is 0.0429. The molecule has 4 nitrogen and oxygen atoms in total. The van der Waals surface area contributed by atoms with Crippen molar-refractivity contribution in [2.24, 2.45) is 0 Å². The molecule has 1 N–H and O–H groups in total. The molecule has 1 amide bonds. The molecule has 0 saturated carbocycles. The number of hydrogen-bond donors (Lipinski definition) is 1. The normalized spacial score (nSPS) is 9.75. The Morgan fingerprint density at radius 1 is 1.12 bits per heavy atom. The summed E-state index contributed by atoms with van der Waals surface area (Å²) < 4.78 is 0. The van der Waals surface area contributed by atoms with Crippen LogP contribution in [0, 0.1) is 0 Å². The van der Waals surface area contributed by atoms with Gasteiger partial charge < -0.3 is 15.2 Å². The lowest BCUT2D eigenvalue weighted by atomic mass is 10.2. The van der Waals surface area contributed by atoms with Gasteiger partial charge in [-0.3, -0.25) is 4.79 Å². The Kier molecular flexibility index (Phi) is 5.05. The number of carboxylic acids is 1. The van der Waals surface area contributed by atoms with Crippen molar-refractivity contribution in [1.82, 2.24) is 5.32 Å². The van der Waals surface area contributed by atoms with Gasteiger partial charge in [-0.25, -0.2) is 0 Å². The highest BCUT2D eigenvalue weighted by atomic mass is 16.4. The maximum absolute atomic E-state index is 11.5. The molecule has 1 aromatic carbocycles. The second-order valence-electron chi connectivity index (χ2n) is 3.45. The Balaban J connectivity index is 2.19. The molecule has 0 bridgehead atoms. The number of nitrogens with one attached hydrogen (secondary N) is 1. The molecule has 86 valence electrons. The summed E-state index contributed by atoms with van der Waals surface area (Å²) in [6, 6.07) is 8.90. The second-order valence-corrected chi connectivity index (χ2v) is 3.45. The van der Waals surface area contributed by atoms with Crippen LogP contribution in [-0.2, 0) is 4.79 Å². The van der Waals surface area contributed by atoms with E-state index in [9.17, 15) is 14.7 Å². The van der Waals surface area contributed by atoms with Gasteiger partial charge in [-0.15, -0.1) is 0 Å². The van der Waals surface area contributed by atoms with Crippen LogP contribution < -0.4 is 10.4 Å². The van der Waals surface area contributed by atoms with Crippen LogP contribution in [0.4, 0.5) is 0 Å². The molecule has 0 atom stereocenters. The van der Waals surface area contributed by atoms with E-state index in [0.29, 0.717) is 24.9 Å². The van der Waals surface area contributed by atoms with Gasteiger partial charge in [-0.2, -0.15) is 0 Å². The van der Waals surface area contributed by atoms with Gasteiger partial charge in [0, 0.05) is 18.1 Å². The molecule has 0 unspecified atom stereocenters. The fourth-order valence-electron chi connectivity index (χ4n) is 1.29. The third-order valence-electron chi connectivity index (χ3n) is 2.13. The summed E-state index contributed by atoms with van der Waals surface area (Å²) in [4.78, 5) is 21.6. The molecule has 0 radical (unpaired) electrons. The van der Waals surface area contributed by atoms with Crippen molar-refractivity contribution in [3.63, 3.8) is 0 Å². The van der Waals surface area contributed by atoms with Crippen LogP contribution in [0.2, 0.25) is 0 Å². The zero-order valence-corrected chi connectivity index (χ0v) is 8.94. The number of carbonyl (C=O) groups is 2. The van der Waals surface area contributed by atoms with Crippen LogP contribution >= 0.6 is 0 Å². The summed E-state index contributed by atoms with van der Waals surface area (Å²) in [6.07, 6.45) is 1.21. The van der Waals surface area contributed by atoms with Crippen molar-refractivity contribution < 1.29 is 14.7 Å². The number of aliphatic carboxylic acids is 1. The smallest absolute Gasteiger partial charge is 0.251 e. The summed E-state index contributed by atoms with van der Waals surface area (Å²) >= 11 is 0. The van der Waals surface area contributed by atoms with Gasteiger partial charge in [-0.1, -0.05) is 18.2 Å². The van der Waals surface area contributed by atoms with Gasteiger partial charge in [0.1, 0.15) is 0 Å². The van der Waals surface area contributed by atoms with Crippen LogP contribution in [0.3, 0.4) is 0 Å². The first-order chi connectivity index (χ1) is 7.70. The molecule has 4 heteroatoms. The maximum Gasteiger partial charge on any atom is 0.251 e. The van der Waals surface area contributed by atoms with Crippen molar-refractivity contribution in [2.75, 3.05) is 6.54 Å². The Hall–Kier alpha value is -1.84. The first-order valence-electron chi connectivity index (χ1n) is 5.23. The fourth-order valence-corrected chi connectivity index (χ4v) is 1.29. The average molecular weight is 220 g/mol. The number of benzene rings is 1. The molecule has 16 heavy (non-hydrogen) atoms. The highest BCUT2D eigenvalue weighted by molar-refractivity contribution is 5.94. The summed E-state index contributed by atoms with van der Waals surface area (Å²) in [7, 11) is 0. The maximum atomic E-state index is 11.5. The Labute approximate surface area is 94.3 Å². The number of carbonyl (C=O) groups excluding carboxylic acids is 2. The van der Waals surface area contributed by atoms with E-state index in [2.05, 4.69) is 5.32 Å². The molecule has 1 aromatic rings. The van der Waals surface area contributed by atoms with Crippen molar-refractivity contribution in [3.8, 4) is 0 Å². The lowest BCUT2D eigenvalue weighted by molar-refractivity contribution is -0.305. The van der Waals surface area contributed by atoms with E-state index >= 15 is 0 Å². The van der Waals surface area contributed by atoms with Gasteiger partial charge in [-0.05, 0) is 31.4 Å². The molecular weight excluding hydrogens is 206 g/mol. The standard InChI is InChI=1S/C12H15NO3/c14-11(15)8-4-5-9-13-12(16)10-6-2-1-3-7-10/h1-3,6-7H,4-5,8-9H2,(H,13,16)(H,14,15)/p-1. The van der Waals surface area contributed by atoms with Crippen molar-refractivity contribution in [1.29, 1.82) is 0 Å². The molecule has 0 aromatic heterocycles. The van der Waals surface area contributed by atoms with E-state index in [1.807, 2.05) is 6.07 Å². The Morgan fingerprint density at radius 3 is 2.44 bits per heavy atom. The van der Waals surface area contributed by atoms with Gasteiger partial charge in [0.2, 0.25) is 0 Å². The monoisotopic (exact) mass is 220 g/mol. The molecule has 0 fully saturated rings. The minimum Gasteiger partial charge on any atom is -0.550 e. The van der Waals surface area contributed by atoms with E-state index in [1.54, 1.807) is 24.3 Å². The van der Waals surface area contributed by atoms with Crippen molar-refractivity contribution in [3.05, 3.63) is 35.9 Å². The van der Waals surface area contributed by atoms with Gasteiger partial charge in [0.05, 0.1) is 0 Å². The Bertz CT molecular complexity index is 349. The lowest BCUT2D eigenvalue weighted by Crippen LogP contribution is -2.25. The van der Waals surface area contributed by atoms with Crippen LogP contribution in [0.5, 0.6) is 0 Å². The number of amides is 1. The number of hydrogen-bond acceptors (Lipinski definition) is 3. The highest BCUT2D eigenvalue weighted by Gasteiger charge is 2.02. The quantitative estimate of drug-likeness (QED) is 0.703. The number of rotatable bonds is 6. The SMILES string of the molecule is O=C([O-])CCCCNC(=O)c1ccccc1. The summed E-state index contributed by atoms with van der Waals surface area (Å²) in [5.41, 5.74) is 0.613. The van der Waals surface area contributed by atoms with E-state index in [-0.39, 0.29) is 12.3 Å². The van der Waals surface area contributed by atoms with E-state index in [4.69, 9.17) is 0 Å². The third kappa shape index (κ3) is 4.59. The minimum atomic E-state index is -1.05. The number of unbranched alkanes of at least 4 members (excludes halogenated alkanes) is 1. The molecule has 0 heterocycles. The lowest BCUT2D eigenvalue weighted by Gasteiger charge is -2.05. The zero-order chi connectivity index (χ0) is 11.8. The van der Waals surface area contributed by atoms with Crippen LogP contribution in [0.15, 0.2) is 30.3 Å². The van der Waals surface area contributed by atoms with Crippen molar-refractivity contribution >= 4 is 11.9 Å². The predicted molar refractivity (Wildman–Crippen MR) is 57.6 cm³/mol. The third-order valence-corrected chi connectivity index (χ3v) is 2.13. The zero-order valence-electron chi connectivity index (χ0n) is 8.94. The largest absolute Gasteiger partial charge is 0.550 e. The van der Waals surface area contributed by atoms with E-state index < -0.39 is 5.97 Å². The summed E-state index contributed by atoms with van der Waals surface area (Å²) in [5.74, 6) is -1.18. The topological polar surface area (TPSA) is 69.2 Å². The first-order valence-corrected chi connectivity index (χ1v) is 5.23. The van der Waals surface area contributed by atoms with Gasteiger partial charge >= 0.3 is 0 Å². The summed E-state index contributed by atoms with van der Waals surface area (Å²) in [5, 5.41) is 12.8. The molecule has 0 spiro atoms. The Morgan fingerprint density at radius 2 is 1.81 bits per heavy atom. The second kappa shape index (κ2) is 6.61. The van der Waals surface area contributed by atoms with Gasteiger partial charge in [0.15, 0.2) is 0 Å². The molecular formula is C12H14NO3-. The van der Waals surface area contributed by atoms with E-state index in [0.717, 1.165) is 0 Å². The van der Waals surface area contributed by atoms with Crippen LogP contribution in [0.1, 0.15) is 29.6 Å². The molecule has 0 aliphatic rings. The molecule has 0 saturated heterocycles. The number of carboxylic acid groups (broad SMARTS) is 1. The van der Waals surface area contributed by atoms with Crippen LogP contribution in [-0.4, -0.2) is 18.4 Å². The first kappa shape index (κ1) is 12.2.